The van der Waals surface area contributed by atoms with Crippen LogP contribution in [0, 0.1) is 5.82 Å². The molecule has 1 amide bonds. The fourth-order valence-corrected chi connectivity index (χ4v) is 3.69. The van der Waals surface area contributed by atoms with E-state index in [4.69, 9.17) is 0 Å². The van der Waals surface area contributed by atoms with Crippen molar-refractivity contribution in [2.75, 3.05) is 0 Å². The SMILES string of the molecule is O=C(/C=C/c1cc(Br)ccc1F)N(Cc1ccccc1)Cc1nc2ccccc2c(=O)[nH]1. The number of benzene rings is 3. The van der Waals surface area contributed by atoms with E-state index in [9.17, 15) is 14.0 Å². The van der Waals surface area contributed by atoms with Crippen LogP contribution < -0.4 is 5.56 Å². The standard InChI is InChI=1S/C25H19BrFN3O2/c26-19-11-12-21(27)18(14-19)10-13-24(31)30(15-17-6-2-1-3-7-17)16-23-28-22-9-5-4-8-20(22)25(32)29-23/h1-14H,15-16H2,(H,28,29,32)/b13-10+. The predicted molar refractivity (Wildman–Crippen MR) is 126 cm³/mol. The Labute approximate surface area is 192 Å². The van der Waals surface area contributed by atoms with Gasteiger partial charge in [0.1, 0.15) is 11.6 Å². The Morgan fingerprint density at radius 3 is 2.59 bits per heavy atom. The number of carbonyl (C=O) groups is 1. The molecule has 0 saturated carbocycles. The quantitative estimate of drug-likeness (QED) is 0.383. The first kappa shape index (κ1) is 21.6. The van der Waals surface area contributed by atoms with Crippen molar-refractivity contribution >= 4 is 38.8 Å². The number of hydrogen-bond donors (Lipinski definition) is 1. The van der Waals surface area contributed by atoms with Gasteiger partial charge >= 0.3 is 0 Å². The van der Waals surface area contributed by atoms with E-state index in [-0.39, 0.29) is 18.0 Å². The van der Waals surface area contributed by atoms with E-state index in [2.05, 4.69) is 25.9 Å². The Morgan fingerprint density at radius 1 is 1.03 bits per heavy atom. The minimum atomic E-state index is -0.424. The van der Waals surface area contributed by atoms with E-state index in [1.165, 1.54) is 18.2 Å². The molecule has 0 atom stereocenters. The van der Waals surface area contributed by atoms with Crippen molar-refractivity contribution in [2.24, 2.45) is 0 Å². The fourth-order valence-electron chi connectivity index (χ4n) is 3.31. The summed E-state index contributed by atoms with van der Waals surface area (Å²) in [5, 5.41) is 0.488. The highest BCUT2D eigenvalue weighted by Crippen LogP contribution is 2.17. The van der Waals surface area contributed by atoms with Gasteiger partial charge in [-0.2, -0.15) is 0 Å². The molecule has 160 valence electrons. The molecule has 32 heavy (non-hydrogen) atoms. The molecular formula is C25H19BrFN3O2. The summed E-state index contributed by atoms with van der Waals surface area (Å²) in [7, 11) is 0. The van der Waals surface area contributed by atoms with E-state index in [1.807, 2.05) is 30.3 Å². The molecule has 3 aromatic carbocycles. The average molecular weight is 492 g/mol. The summed E-state index contributed by atoms with van der Waals surface area (Å²) in [5.74, 6) is -0.378. The van der Waals surface area contributed by atoms with Crippen LogP contribution in [-0.4, -0.2) is 20.8 Å². The number of para-hydroxylation sites is 1. The average Bonchev–Trinajstić information content (AvgIpc) is 2.80. The highest BCUT2D eigenvalue weighted by Gasteiger charge is 2.15. The molecule has 0 radical (unpaired) electrons. The van der Waals surface area contributed by atoms with Crippen LogP contribution in [0.4, 0.5) is 4.39 Å². The van der Waals surface area contributed by atoms with Crippen LogP contribution >= 0.6 is 15.9 Å². The minimum Gasteiger partial charge on any atom is -0.327 e. The predicted octanol–water partition coefficient (Wildman–Crippen LogP) is 5.07. The van der Waals surface area contributed by atoms with Crippen molar-refractivity contribution in [3.8, 4) is 0 Å². The number of rotatable bonds is 6. The third kappa shape index (κ3) is 5.18. The van der Waals surface area contributed by atoms with Crippen LogP contribution in [0.3, 0.4) is 0 Å². The Balaban J connectivity index is 1.64. The molecule has 0 unspecified atom stereocenters. The lowest BCUT2D eigenvalue weighted by molar-refractivity contribution is -0.127. The molecule has 0 saturated heterocycles. The third-order valence-corrected chi connectivity index (χ3v) is 5.39. The number of carbonyl (C=O) groups excluding carboxylic acids is 1. The van der Waals surface area contributed by atoms with Crippen molar-refractivity contribution in [1.29, 1.82) is 0 Å². The van der Waals surface area contributed by atoms with Crippen molar-refractivity contribution in [3.05, 3.63) is 116 Å². The van der Waals surface area contributed by atoms with Gasteiger partial charge in [-0.25, -0.2) is 9.37 Å². The van der Waals surface area contributed by atoms with Gasteiger partial charge in [0.15, 0.2) is 0 Å². The van der Waals surface area contributed by atoms with Gasteiger partial charge in [-0.3, -0.25) is 9.59 Å². The molecule has 4 aromatic rings. The molecular weight excluding hydrogens is 473 g/mol. The summed E-state index contributed by atoms with van der Waals surface area (Å²) in [4.78, 5) is 34.3. The van der Waals surface area contributed by atoms with Gasteiger partial charge in [0, 0.05) is 22.7 Å². The number of H-pyrrole nitrogens is 1. The summed E-state index contributed by atoms with van der Waals surface area (Å²) in [6.07, 6.45) is 2.77. The number of nitrogens with zero attached hydrogens (tertiary/aromatic N) is 2. The van der Waals surface area contributed by atoms with E-state index < -0.39 is 5.82 Å². The molecule has 7 heteroatoms. The number of hydrogen-bond acceptors (Lipinski definition) is 3. The van der Waals surface area contributed by atoms with Crippen LogP contribution in [0.5, 0.6) is 0 Å². The van der Waals surface area contributed by atoms with Gasteiger partial charge in [0.05, 0.1) is 17.4 Å². The van der Waals surface area contributed by atoms with Crippen LogP contribution in [0.15, 0.2) is 88.1 Å². The lowest BCUT2D eigenvalue weighted by Crippen LogP contribution is -2.30. The second-order valence-corrected chi connectivity index (χ2v) is 8.12. The summed E-state index contributed by atoms with van der Waals surface area (Å²) in [6, 6.07) is 21.1. The zero-order valence-electron chi connectivity index (χ0n) is 17.0. The fraction of sp³-hybridized carbons (Fsp3) is 0.0800. The van der Waals surface area contributed by atoms with Crippen LogP contribution in [0.2, 0.25) is 0 Å². The molecule has 4 rings (SSSR count). The molecule has 0 fully saturated rings. The van der Waals surface area contributed by atoms with Crippen molar-refractivity contribution < 1.29 is 9.18 Å². The maximum absolute atomic E-state index is 14.1. The number of fused-ring (bicyclic) bond motifs is 1. The molecule has 1 heterocycles. The van der Waals surface area contributed by atoms with Gasteiger partial charge in [-0.15, -0.1) is 0 Å². The van der Waals surface area contributed by atoms with Crippen LogP contribution in [-0.2, 0) is 17.9 Å². The number of nitrogens with one attached hydrogen (secondary N) is 1. The Hall–Kier alpha value is -3.58. The molecule has 1 aromatic heterocycles. The number of aromatic nitrogens is 2. The highest BCUT2D eigenvalue weighted by atomic mass is 79.9. The van der Waals surface area contributed by atoms with Gasteiger partial charge < -0.3 is 9.88 Å². The van der Waals surface area contributed by atoms with Crippen LogP contribution in [0.25, 0.3) is 17.0 Å². The molecule has 0 aliphatic heterocycles. The van der Waals surface area contributed by atoms with E-state index in [0.29, 0.717) is 33.3 Å². The molecule has 0 spiro atoms. The normalized spacial score (nSPS) is 11.2. The van der Waals surface area contributed by atoms with Gasteiger partial charge in [0.2, 0.25) is 5.91 Å². The van der Waals surface area contributed by atoms with Crippen LogP contribution in [0.1, 0.15) is 17.0 Å². The smallest absolute Gasteiger partial charge is 0.258 e. The lowest BCUT2D eigenvalue weighted by atomic mass is 10.2. The maximum Gasteiger partial charge on any atom is 0.258 e. The summed E-state index contributed by atoms with van der Waals surface area (Å²) in [6.45, 7) is 0.403. The van der Waals surface area contributed by atoms with Crippen molar-refractivity contribution in [3.63, 3.8) is 0 Å². The zero-order valence-corrected chi connectivity index (χ0v) is 18.5. The summed E-state index contributed by atoms with van der Waals surface area (Å²) >= 11 is 3.31. The number of amides is 1. The first-order chi connectivity index (χ1) is 15.5. The molecule has 0 aliphatic rings. The number of halogens is 2. The summed E-state index contributed by atoms with van der Waals surface area (Å²) in [5.41, 5.74) is 1.52. The van der Waals surface area contributed by atoms with Crippen molar-refractivity contribution in [1.82, 2.24) is 14.9 Å². The maximum atomic E-state index is 14.1. The minimum absolute atomic E-state index is 0.0963. The van der Waals surface area contributed by atoms with E-state index in [0.717, 1.165) is 5.56 Å². The van der Waals surface area contributed by atoms with Gasteiger partial charge in [-0.05, 0) is 42.0 Å². The monoisotopic (exact) mass is 491 g/mol. The molecule has 0 aliphatic carbocycles. The van der Waals surface area contributed by atoms with Crippen molar-refractivity contribution in [2.45, 2.75) is 13.1 Å². The molecule has 1 N–H and O–H groups in total. The second kappa shape index (κ2) is 9.70. The van der Waals surface area contributed by atoms with E-state index >= 15 is 0 Å². The second-order valence-electron chi connectivity index (χ2n) is 7.21. The topological polar surface area (TPSA) is 66.1 Å². The first-order valence-electron chi connectivity index (χ1n) is 9.93. The third-order valence-electron chi connectivity index (χ3n) is 4.89. The molecule has 0 bridgehead atoms. The molecule has 5 nitrogen and oxygen atoms in total. The van der Waals surface area contributed by atoms with Gasteiger partial charge in [0.25, 0.3) is 5.56 Å². The van der Waals surface area contributed by atoms with Gasteiger partial charge in [-0.1, -0.05) is 58.4 Å². The first-order valence-corrected chi connectivity index (χ1v) is 10.7. The Kier molecular flexibility index (Phi) is 6.56. The highest BCUT2D eigenvalue weighted by molar-refractivity contribution is 9.10. The zero-order chi connectivity index (χ0) is 22.5. The van der Waals surface area contributed by atoms with E-state index in [1.54, 1.807) is 41.3 Å². The Morgan fingerprint density at radius 2 is 1.78 bits per heavy atom. The summed E-state index contributed by atoms with van der Waals surface area (Å²) < 4.78 is 14.8. The lowest BCUT2D eigenvalue weighted by Gasteiger charge is -2.21. The largest absolute Gasteiger partial charge is 0.327 e. The Bertz CT molecular complexity index is 1350. The number of aromatic amines is 1.